The van der Waals surface area contributed by atoms with Gasteiger partial charge in [-0.25, -0.2) is 5.43 Å². The molecule has 0 atom stereocenters. The monoisotopic (exact) mass is 361 g/mol. The summed E-state index contributed by atoms with van der Waals surface area (Å²) in [7, 11) is 1.36. The Hall–Kier alpha value is -2.93. The molecule has 2 aromatic rings. The van der Waals surface area contributed by atoms with Crippen LogP contribution in [0.1, 0.15) is 18.1 Å². The number of nitrogens with one attached hydrogen (secondary N) is 1. The van der Waals surface area contributed by atoms with E-state index in [9.17, 15) is 14.9 Å². The van der Waals surface area contributed by atoms with Crippen molar-refractivity contribution in [1.82, 2.24) is 5.43 Å². The van der Waals surface area contributed by atoms with E-state index < -0.39 is 4.92 Å². The van der Waals surface area contributed by atoms with Crippen LogP contribution in [0, 0.1) is 10.1 Å². The maximum Gasteiger partial charge on any atom is 0.311 e. The molecule has 130 valence electrons. The maximum absolute atomic E-state index is 11.9. The minimum atomic E-state index is -0.533. The number of hydrazone groups is 1. The van der Waals surface area contributed by atoms with Crippen LogP contribution in [0.5, 0.6) is 5.75 Å². The number of methoxy groups -OCH3 is 1. The van der Waals surface area contributed by atoms with Crippen molar-refractivity contribution in [1.29, 1.82) is 0 Å². The van der Waals surface area contributed by atoms with Crippen LogP contribution in [0.2, 0.25) is 5.02 Å². The van der Waals surface area contributed by atoms with Gasteiger partial charge in [-0.2, -0.15) is 5.10 Å². The molecule has 0 aliphatic rings. The smallest absolute Gasteiger partial charge is 0.311 e. The van der Waals surface area contributed by atoms with Gasteiger partial charge in [0.2, 0.25) is 5.91 Å². The summed E-state index contributed by atoms with van der Waals surface area (Å²) < 4.78 is 4.95. The molecule has 0 saturated carbocycles. The number of benzene rings is 2. The molecule has 0 aromatic heterocycles. The molecule has 2 rings (SSSR count). The van der Waals surface area contributed by atoms with Crippen LogP contribution in [0.4, 0.5) is 5.69 Å². The summed E-state index contributed by atoms with van der Waals surface area (Å²) in [5, 5.41) is 15.6. The predicted molar refractivity (Wildman–Crippen MR) is 95.2 cm³/mol. The molecule has 1 amide bonds. The average molecular weight is 362 g/mol. The first-order valence-corrected chi connectivity index (χ1v) is 7.69. The standard InChI is InChI=1S/C17H16ClN3O4/c1-11(13-5-8-16(25-2)15(10-13)21(23)24)19-20-17(22)9-12-3-6-14(18)7-4-12/h3-8,10H,9H2,1-2H3,(H,20,22)/b19-11+. The summed E-state index contributed by atoms with van der Waals surface area (Å²) in [5.74, 6) is -0.141. The summed E-state index contributed by atoms with van der Waals surface area (Å²) in [6, 6.07) is 11.4. The first-order chi connectivity index (χ1) is 11.9. The maximum atomic E-state index is 11.9. The highest BCUT2D eigenvalue weighted by atomic mass is 35.5. The van der Waals surface area contributed by atoms with Crippen LogP contribution < -0.4 is 10.2 Å². The fraction of sp³-hybridized carbons (Fsp3) is 0.176. The van der Waals surface area contributed by atoms with E-state index in [0.29, 0.717) is 16.3 Å². The molecule has 0 aliphatic carbocycles. The Morgan fingerprint density at radius 3 is 2.56 bits per heavy atom. The highest BCUT2D eigenvalue weighted by molar-refractivity contribution is 6.30. The van der Waals surface area contributed by atoms with E-state index >= 15 is 0 Å². The van der Waals surface area contributed by atoms with E-state index in [0.717, 1.165) is 5.56 Å². The number of carbonyl (C=O) groups is 1. The summed E-state index contributed by atoms with van der Waals surface area (Å²) in [6.45, 7) is 1.65. The first kappa shape index (κ1) is 18.4. The fourth-order valence-corrected chi connectivity index (χ4v) is 2.22. The lowest BCUT2D eigenvalue weighted by molar-refractivity contribution is -0.385. The van der Waals surface area contributed by atoms with Crippen LogP contribution >= 0.6 is 11.6 Å². The van der Waals surface area contributed by atoms with Crippen LogP contribution in [-0.2, 0) is 11.2 Å². The lowest BCUT2D eigenvalue weighted by Crippen LogP contribution is -2.21. The van der Waals surface area contributed by atoms with Crippen molar-refractivity contribution >= 4 is 28.9 Å². The summed E-state index contributed by atoms with van der Waals surface area (Å²) in [6.07, 6.45) is 0.150. The molecule has 0 radical (unpaired) electrons. The number of halogens is 1. The fourth-order valence-electron chi connectivity index (χ4n) is 2.10. The van der Waals surface area contributed by atoms with Gasteiger partial charge in [0.25, 0.3) is 0 Å². The van der Waals surface area contributed by atoms with E-state index in [1.165, 1.54) is 19.2 Å². The SMILES string of the molecule is COc1ccc(/C(C)=N/NC(=O)Cc2ccc(Cl)cc2)cc1[N+](=O)[O-]. The van der Waals surface area contributed by atoms with Gasteiger partial charge in [0.05, 0.1) is 24.2 Å². The topological polar surface area (TPSA) is 93.8 Å². The summed E-state index contributed by atoms with van der Waals surface area (Å²) in [4.78, 5) is 22.5. The van der Waals surface area contributed by atoms with Crippen LogP contribution in [0.15, 0.2) is 47.6 Å². The number of amides is 1. The van der Waals surface area contributed by atoms with Gasteiger partial charge < -0.3 is 4.74 Å². The van der Waals surface area contributed by atoms with Gasteiger partial charge in [0.15, 0.2) is 5.75 Å². The third-order valence-electron chi connectivity index (χ3n) is 3.42. The number of nitrogens with zero attached hydrogens (tertiary/aromatic N) is 2. The predicted octanol–water partition coefficient (Wildman–Crippen LogP) is 3.34. The number of carbonyl (C=O) groups excluding carboxylic acids is 1. The van der Waals surface area contributed by atoms with E-state index in [4.69, 9.17) is 16.3 Å². The third kappa shape index (κ3) is 5.02. The van der Waals surface area contributed by atoms with Gasteiger partial charge in [-0.1, -0.05) is 23.7 Å². The molecule has 25 heavy (non-hydrogen) atoms. The number of hydrogen-bond acceptors (Lipinski definition) is 5. The van der Waals surface area contributed by atoms with Gasteiger partial charge in [-0.05, 0) is 36.8 Å². The molecular formula is C17H16ClN3O4. The second-order valence-electron chi connectivity index (χ2n) is 5.18. The van der Waals surface area contributed by atoms with E-state index in [1.807, 2.05) is 0 Å². The lowest BCUT2D eigenvalue weighted by Gasteiger charge is -2.06. The molecule has 7 nitrogen and oxygen atoms in total. The zero-order valence-corrected chi connectivity index (χ0v) is 14.4. The second kappa shape index (κ2) is 8.25. The number of ether oxygens (including phenoxy) is 1. The van der Waals surface area contributed by atoms with Gasteiger partial charge in [0.1, 0.15) is 0 Å². The largest absolute Gasteiger partial charge is 0.490 e. The highest BCUT2D eigenvalue weighted by Crippen LogP contribution is 2.27. The minimum Gasteiger partial charge on any atom is -0.490 e. The zero-order chi connectivity index (χ0) is 18.4. The Kier molecular flexibility index (Phi) is 6.08. The van der Waals surface area contributed by atoms with Crippen LogP contribution in [-0.4, -0.2) is 23.7 Å². The van der Waals surface area contributed by atoms with Crippen molar-refractivity contribution in [2.45, 2.75) is 13.3 Å². The second-order valence-corrected chi connectivity index (χ2v) is 5.62. The van der Waals surface area contributed by atoms with Gasteiger partial charge in [-0.15, -0.1) is 0 Å². The van der Waals surface area contributed by atoms with Crippen molar-refractivity contribution in [3.8, 4) is 5.75 Å². The summed E-state index contributed by atoms with van der Waals surface area (Å²) >= 11 is 5.80. The lowest BCUT2D eigenvalue weighted by atomic mass is 10.1. The minimum absolute atomic E-state index is 0.150. The molecule has 0 spiro atoms. The van der Waals surface area contributed by atoms with Gasteiger partial charge >= 0.3 is 5.69 Å². The molecule has 2 aromatic carbocycles. The molecule has 0 fully saturated rings. The van der Waals surface area contributed by atoms with E-state index in [1.54, 1.807) is 37.3 Å². The Bertz CT molecular complexity index is 819. The number of nitro groups is 1. The Labute approximate surface area is 149 Å². The van der Waals surface area contributed by atoms with Gasteiger partial charge in [0, 0.05) is 16.7 Å². The normalized spacial score (nSPS) is 11.1. The van der Waals surface area contributed by atoms with Crippen molar-refractivity contribution < 1.29 is 14.5 Å². The molecule has 1 N–H and O–H groups in total. The van der Waals surface area contributed by atoms with Gasteiger partial charge in [-0.3, -0.25) is 14.9 Å². The molecule has 0 bridgehead atoms. The van der Waals surface area contributed by atoms with Crippen molar-refractivity contribution in [2.75, 3.05) is 7.11 Å². The number of nitro benzene ring substituents is 1. The van der Waals surface area contributed by atoms with E-state index in [-0.39, 0.29) is 23.8 Å². The Balaban J connectivity index is 2.08. The Morgan fingerprint density at radius 2 is 1.96 bits per heavy atom. The number of hydrogen-bond donors (Lipinski definition) is 1. The molecule has 8 heteroatoms. The van der Waals surface area contributed by atoms with Crippen LogP contribution in [0.25, 0.3) is 0 Å². The molecule has 0 saturated heterocycles. The van der Waals surface area contributed by atoms with Crippen molar-refractivity contribution in [3.63, 3.8) is 0 Å². The van der Waals surface area contributed by atoms with Crippen molar-refractivity contribution in [2.24, 2.45) is 5.10 Å². The van der Waals surface area contributed by atoms with Crippen LogP contribution in [0.3, 0.4) is 0 Å². The zero-order valence-electron chi connectivity index (χ0n) is 13.7. The number of rotatable bonds is 6. The molecule has 0 unspecified atom stereocenters. The highest BCUT2D eigenvalue weighted by Gasteiger charge is 2.16. The Morgan fingerprint density at radius 1 is 1.28 bits per heavy atom. The average Bonchev–Trinajstić information content (AvgIpc) is 2.61. The first-order valence-electron chi connectivity index (χ1n) is 7.31. The molecule has 0 aliphatic heterocycles. The third-order valence-corrected chi connectivity index (χ3v) is 3.67. The quantitative estimate of drug-likeness (QED) is 0.485. The van der Waals surface area contributed by atoms with E-state index in [2.05, 4.69) is 10.5 Å². The molecular weight excluding hydrogens is 346 g/mol. The molecule has 0 heterocycles. The summed E-state index contributed by atoms with van der Waals surface area (Å²) in [5.41, 5.74) is 4.03. The van der Waals surface area contributed by atoms with Crippen molar-refractivity contribution in [3.05, 3.63) is 68.7 Å².